The van der Waals surface area contributed by atoms with E-state index in [1.165, 1.54) is 0 Å². The fourth-order valence-electron chi connectivity index (χ4n) is 4.44. The first-order valence-electron chi connectivity index (χ1n) is 11.1. The second-order valence-corrected chi connectivity index (χ2v) is 9.52. The third kappa shape index (κ3) is 4.82. The summed E-state index contributed by atoms with van der Waals surface area (Å²) < 4.78 is 16.5. The SMILES string of the molecule is CC(C)(C)OC(=O)[C@@H]1CC[C@@H](C(=O)Oc2ccc3c4c(c(=O)oc3c2)CCCC4)C[NH2+]1. The fraction of sp³-hybridized carbons (Fsp3) is 0.542. The van der Waals surface area contributed by atoms with Crippen molar-refractivity contribution in [1.82, 2.24) is 0 Å². The van der Waals surface area contributed by atoms with Gasteiger partial charge in [0.05, 0.1) is 6.54 Å². The summed E-state index contributed by atoms with van der Waals surface area (Å²) in [6.45, 7) is 6.00. The summed E-state index contributed by atoms with van der Waals surface area (Å²) in [4.78, 5) is 37.2. The van der Waals surface area contributed by atoms with Gasteiger partial charge in [0.15, 0.2) is 6.04 Å². The van der Waals surface area contributed by atoms with Crippen LogP contribution >= 0.6 is 0 Å². The maximum absolute atomic E-state index is 12.7. The average Bonchev–Trinajstić information content (AvgIpc) is 2.73. The van der Waals surface area contributed by atoms with Crippen molar-refractivity contribution in [3.63, 3.8) is 0 Å². The lowest BCUT2D eigenvalue weighted by atomic mass is 9.91. The van der Waals surface area contributed by atoms with Gasteiger partial charge in [-0.15, -0.1) is 0 Å². The predicted octanol–water partition coefficient (Wildman–Crippen LogP) is 2.26. The highest BCUT2D eigenvalue weighted by molar-refractivity contribution is 5.84. The van der Waals surface area contributed by atoms with Gasteiger partial charge in [-0.1, -0.05) is 0 Å². The summed E-state index contributed by atoms with van der Waals surface area (Å²) in [5.74, 6) is -0.513. The first kappa shape index (κ1) is 21.6. The Bertz CT molecular complexity index is 1060. The molecule has 2 aliphatic rings. The number of hydrogen-bond donors (Lipinski definition) is 1. The van der Waals surface area contributed by atoms with Gasteiger partial charge in [-0.05, 0) is 70.6 Å². The van der Waals surface area contributed by atoms with Crippen molar-refractivity contribution in [3.8, 4) is 5.75 Å². The highest BCUT2D eigenvalue weighted by Gasteiger charge is 2.36. The number of rotatable bonds is 3. The summed E-state index contributed by atoms with van der Waals surface area (Å²) in [6.07, 6.45) is 4.82. The zero-order chi connectivity index (χ0) is 22.2. The van der Waals surface area contributed by atoms with E-state index in [0.717, 1.165) is 42.2 Å². The van der Waals surface area contributed by atoms with Crippen molar-refractivity contribution < 1.29 is 28.8 Å². The van der Waals surface area contributed by atoms with E-state index in [1.54, 1.807) is 12.1 Å². The van der Waals surface area contributed by atoms with E-state index in [9.17, 15) is 14.4 Å². The van der Waals surface area contributed by atoms with Gasteiger partial charge in [0.25, 0.3) is 0 Å². The van der Waals surface area contributed by atoms with Gasteiger partial charge < -0.3 is 19.2 Å². The molecule has 7 heteroatoms. The molecule has 2 atom stereocenters. The van der Waals surface area contributed by atoms with Crippen molar-refractivity contribution in [2.45, 2.75) is 70.9 Å². The highest BCUT2D eigenvalue weighted by Crippen LogP contribution is 2.29. The van der Waals surface area contributed by atoms with Crippen LogP contribution in [0.2, 0.25) is 0 Å². The Balaban J connectivity index is 1.41. The van der Waals surface area contributed by atoms with Crippen LogP contribution in [0.1, 0.15) is 57.6 Å². The number of piperidine rings is 1. The van der Waals surface area contributed by atoms with E-state index in [4.69, 9.17) is 13.9 Å². The number of aryl methyl sites for hydroxylation is 1. The summed E-state index contributed by atoms with van der Waals surface area (Å²) in [5.41, 5.74) is 1.48. The fourth-order valence-corrected chi connectivity index (χ4v) is 4.44. The van der Waals surface area contributed by atoms with Crippen LogP contribution in [0.5, 0.6) is 5.75 Å². The van der Waals surface area contributed by atoms with Crippen LogP contribution in [-0.2, 0) is 27.2 Å². The van der Waals surface area contributed by atoms with Gasteiger partial charge in [-0.2, -0.15) is 0 Å². The smallest absolute Gasteiger partial charge is 0.365 e. The second-order valence-electron chi connectivity index (χ2n) is 9.52. The molecule has 0 saturated carbocycles. The lowest BCUT2D eigenvalue weighted by Gasteiger charge is -2.27. The van der Waals surface area contributed by atoms with Gasteiger partial charge in [-0.25, -0.2) is 9.59 Å². The second kappa shape index (κ2) is 8.46. The molecule has 0 amide bonds. The monoisotopic (exact) mass is 428 g/mol. The summed E-state index contributed by atoms with van der Waals surface area (Å²) >= 11 is 0. The predicted molar refractivity (Wildman–Crippen MR) is 114 cm³/mol. The van der Waals surface area contributed by atoms with Crippen molar-refractivity contribution in [2.24, 2.45) is 5.92 Å². The number of fused-ring (bicyclic) bond motifs is 3. The maximum Gasteiger partial charge on any atom is 0.365 e. The number of carbonyl (C=O) groups is 2. The van der Waals surface area contributed by atoms with Gasteiger partial charge in [-0.3, -0.25) is 4.79 Å². The topological polar surface area (TPSA) is 99.4 Å². The highest BCUT2D eigenvalue weighted by atomic mass is 16.6. The van der Waals surface area contributed by atoms with E-state index in [2.05, 4.69) is 0 Å². The molecule has 0 radical (unpaired) electrons. The molecule has 7 nitrogen and oxygen atoms in total. The Hall–Kier alpha value is -2.67. The van der Waals surface area contributed by atoms with Crippen LogP contribution in [0.4, 0.5) is 0 Å². The molecule has 0 unspecified atom stereocenters. The first-order valence-corrected chi connectivity index (χ1v) is 11.1. The van der Waals surface area contributed by atoms with Crippen molar-refractivity contribution in [2.75, 3.05) is 6.54 Å². The normalized spacial score (nSPS) is 21.4. The third-order valence-corrected chi connectivity index (χ3v) is 5.99. The minimum atomic E-state index is -0.523. The van der Waals surface area contributed by atoms with E-state index in [-0.39, 0.29) is 29.5 Å². The van der Waals surface area contributed by atoms with E-state index < -0.39 is 5.60 Å². The molecule has 1 aliphatic carbocycles. The molecular formula is C24H30NO6+. The summed E-state index contributed by atoms with van der Waals surface area (Å²) in [7, 11) is 0. The molecule has 2 N–H and O–H groups in total. The molecule has 1 aromatic carbocycles. The maximum atomic E-state index is 12.7. The lowest BCUT2D eigenvalue weighted by molar-refractivity contribution is -0.690. The lowest BCUT2D eigenvalue weighted by Crippen LogP contribution is -2.95. The molecule has 31 heavy (non-hydrogen) atoms. The molecule has 2 heterocycles. The number of hydrogen-bond acceptors (Lipinski definition) is 6. The molecular weight excluding hydrogens is 398 g/mol. The van der Waals surface area contributed by atoms with Crippen molar-refractivity contribution in [3.05, 3.63) is 39.7 Å². The van der Waals surface area contributed by atoms with Crippen LogP contribution < -0.4 is 15.7 Å². The third-order valence-electron chi connectivity index (χ3n) is 5.99. The van der Waals surface area contributed by atoms with Crippen LogP contribution in [0.15, 0.2) is 27.4 Å². The quantitative estimate of drug-likeness (QED) is 0.457. The average molecular weight is 429 g/mol. The summed E-state index contributed by atoms with van der Waals surface area (Å²) in [5, 5.41) is 2.77. The molecule has 2 aromatic rings. The van der Waals surface area contributed by atoms with Crippen LogP contribution in [-0.4, -0.2) is 30.1 Å². The Morgan fingerprint density at radius 2 is 1.81 bits per heavy atom. The molecule has 4 rings (SSSR count). The Kier molecular flexibility index (Phi) is 5.88. The number of quaternary nitrogens is 1. The molecule has 0 bridgehead atoms. The molecule has 1 fully saturated rings. The van der Waals surface area contributed by atoms with Gasteiger partial charge >= 0.3 is 17.6 Å². The Morgan fingerprint density at radius 3 is 2.48 bits per heavy atom. The Morgan fingerprint density at radius 1 is 1.06 bits per heavy atom. The van der Waals surface area contributed by atoms with E-state index in [0.29, 0.717) is 30.7 Å². The molecule has 166 valence electrons. The van der Waals surface area contributed by atoms with Gasteiger partial charge in [0.1, 0.15) is 22.9 Å². The first-order chi connectivity index (χ1) is 14.7. The van der Waals surface area contributed by atoms with Crippen LogP contribution in [0.3, 0.4) is 0 Å². The molecule has 1 aromatic heterocycles. The number of carbonyl (C=O) groups excluding carboxylic acids is 2. The largest absolute Gasteiger partial charge is 0.456 e. The molecule has 1 aliphatic heterocycles. The number of nitrogens with two attached hydrogens (primary N) is 1. The van der Waals surface area contributed by atoms with Gasteiger partial charge in [0.2, 0.25) is 0 Å². The van der Waals surface area contributed by atoms with E-state index >= 15 is 0 Å². The number of benzene rings is 1. The number of esters is 2. The molecule has 0 spiro atoms. The zero-order valence-corrected chi connectivity index (χ0v) is 18.4. The molecule has 1 saturated heterocycles. The minimum absolute atomic E-state index is 0.243. The van der Waals surface area contributed by atoms with Crippen molar-refractivity contribution >= 4 is 22.9 Å². The van der Waals surface area contributed by atoms with Crippen LogP contribution in [0.25, 0.3) is 11.0 Å². The number of ether oxygens (including phenoxy) is 2. The minimum Gasteiger partial charge on any atom is -0.456 e. The summed E-state index contributed by atoms with van der Waals surface area (Å²) in [6, 6.07) is 4.96. The zero-order valence-electron chi connectivity index (χ0n) is 18.4. The van der Waals surface area contributed by atoms with Gasteiger partial charge in [0, 0.05) is 23.4 Å². The van der Waals surface area contributed by atoms with E-state index in [1.807, 2.05) is 32.2 Å². The Labute approximate surface area is 181 Å². The van der Waals surface area contributed by atoms with Crippen LogP contribution in [0, 0.1) is 5.92 Å². The van der Waals surface area contributed by atoms with Crippen molar-refractivity contribution in [1.29, 1.82) is 0 Å². The standard InChI is InChI=1S/C24H29NO6/c1-24(2,3)31-23(28)19-11-8-14(13-25-19)21(26)29-15-9-10-17-16-6-4-5-7-18(16)22(27)30-20(17)12-15/h9-10,12,14,19,25H,4-8,11,13H2,1-3H3/p+1/t14-,19+/m1/s1.